The molecule has 1 atom stereocenters. The molecule has 2 N–H and O–H groups in total. The Hall–Kier alpha value is -0.650. The summed E-state index contributed by atoms with van der Waals surface area (Å²) in [5.41, 5.74) is -0.375. The van der Waals surface area contributed by atoms with E-state index in [9.17, 15) is 4.79 Å². The van der Waals surface area contributed by atoms with E-state index in [0.29, 0.717) is 19.8 Å². The zero-order valence-corrected chi connectivity index (χ0v) is 11.8. The van der Waals surface area contributed by atoms with Crippen molar-refractivity contribution in [2.75, 3.05) is 40.0 Å². The van der Waals surface area contributed by atoms with Gasteiger partial charge in [-0.3, -0.25) is 4.79 Å². The lowest BCUT2D eigenvalue weighted by atomic mass is 9.78. The summed E-state index contributed by atoms with van der Waals surface area (Å²) in [4.78, 5) is 12.4. The third-order valence-corrected chi connectivity index (χ3v) is 3.41. The summed E-state index contributed by atoms with van der Waals surface area (Å²) in [6, 6.07) is 0.0427. The highest BCUT2D eigenvalue weighted by Gasteiger charge is 2.39. The molecule has 0 spiro atoms. The van der Waals surface area contributed by atoms with Crippen LogP contribution in [0.2, 0.25) is 0 Å². The van der Waals surface area contributed by atoms with Crippen molar-refractivity contribution in [1.82, 2.24) is 10.6 Å². The Morgan fingerprint density at radius 1 is 1.44 bits per heavy atom. The van der Waals surface area contributed by atoms with E-state index in [1.165, 1.54) is 0 Å². The number of piperidine rings is 1. The van der Waals surface area contributed by atoms with Crippen molar-refractivity contribution >= 4 is 5.91 Å². The smallest absolute Gasteiger partial charge is 0.228 e. The molecule has 5 nitrogen and oxygen atoms in total. The molecule has 1 fully saturated rings. The van der Waals surface area contributed by atoms with Gasteiger partial charge in [-0.05, 0) is 39.8 Å². The van der Waals surface area contributed by atoms with E-state index in [-0.39, 0.29) is 17.4 Å². The summed E-state index contributed by atoms with van der Waals surface area (Å²) >= 11 is 0. The zero-order chi connectivity index (χ0) is 13.4. The Labute approximate surface area is 110 Å². The number of hydrogen-bond acceptors (Lipinski definition) is 4. The molecule has 106 valence electrons. The van der Waals surface area contributed by atoms with Gasteiger partial charge in [-0.1, -0.05) is 0 Å². The Balaban J connectivity index is 2.53. The van der Waals surface area contributed by atoms with Crippen molar-refractivity contribution in [2.45, 2.75) is 32.7 Å². The first kappa shape index (κ1) is 15.4. The number of methoxy groups -OCH3 is 1. The van der Waals surface area contributed by atoms with Crippen molar-refractivity contribution in [3.63, 3.8) is 0 Å². The van der Waals surface area contributed by atoms with E-state index in [2.05, 4.69) is 10.6 Å². The summed E-state index contributed by atoms with van der Waals surface area (Å²) in [5.74, 6) is 0.0954. The molecule has 1 amide bonds. The quantitative estimate of drug-likeness (QED) is 0.700. The number of carbonyl (C=O) groups is 1. The molecule has 1 heterocycles. The molecule has 0 aromatic heterocycles. The first-order valence-electron chi connectivity index (χ1n) is 6.73. The molecule has 0 aromatic carbocycles. The first-order valence-corrected chi connectivity index (χ1v) is 6.73. The second-order valence-corrected chi connectivity index (χ2v) is 5.00. The van der Waals surface area contributed by atoms with Crippen LogP contribution >= 0.6 is 0 Å². The standard InChI is InChI=1S/C13H26N2O3/c1-4-18-9-11(2)15-12(16)13(10-17-3)5-7-14-8-6-13/h11,14H,4-10H2,1-3H3,(H,15,16). The fraction of sp³-hybridized carbons (Fsp3) is 0.923. The number of carbonyl (C=O) groups excluding carboxylic acids is 1. The number of ether oxygens (including phenoxy) is 2. The summed E-state index contributed by atoms with van der Waals surface area (Å²) in [7, 11) is 1.65. The van der Waals surface area contributed by atoms with Crippen LogP contribution in [0.4, 0.5) is 0 Å². The molecule has 0 aliphatic carbocycles. The molecule has 1 saturated heterocycles. The van der Waals surface area contributed by atoms with E-state index in [0.717, 1.165) is 25.9 Å². The first-order chi connectivity index (χ1) is 8.64. The maximum absolute atomic E-state index is 12.4. The molecule has 5 heteroatoms. The molecule has 1 aliphatic heterocycles. The van der Waals surface area contributed by atoms with Crippen molar-refractivity contribution in [3.8, 4) is 0 Å². The van der Waals surface area contributed by atoms with Gasteiger partial charge in [0.15, 0.2) is 0 Å². The number of amides is 1. The van der Waals surface area contributed by atoms with Gasteiger partial charge in [-0.15, -0.1) is 0 Å². The van der Waals surface area contributed by atoms with Crippen molar-refractivity contribution in [3.05, 3.63) is 0 Å². The third-order valence-electron chi connectivity index (χ3n) is 3.41. The van der Waals surface area contributed by atoms with Crippen LogP contribution in [0.1, 0.15) is 26.7 Å². The Morgan fingerprint density at radius 3 is 2.67 bits per heavy atom. The van der Waals surface area contributed by atoms with Gasteiger partial charge in [-0.25, -0.2) is 0 Å². The highest BCUT2D eigenvalue weighted by Crippen LogP contribution is 2.29. The van der Waals surface area contributed by atoms with Crippen molar-refractivity contribution in [1.29, 1.82) is 0 Å². The molecule has 0 bridgehead atoms. The van der Waals surface area contributed by atoms with Crippen LogP contribution in [0, 0.1) is 5.41 Å². The number of nitrogens with one attached hydrogen (secondary N) is 2. The highest BCUT2D eigenvalue weighted by atomic mass is 16.5. The lowest BCUT2D eigenvalue weighted by molar-refractivity contribution is -0.137. The minimum Gasteiger partial charge on any atom is -0.384 e. The predicted molar refractivity (Wildman–Crippen MR) is 70.5 cm³/mol. The summed E-state index contributed by atoms with van der Waals surface area (Å²) < 4.78 is 10.6. The summed E-state index contributed by atoms with van der Waals surface area (Å²) in [6.07, 6.45) is 1.65. The van der Waals surface area contributed by atoms with Gasteiger partial charge in [0.1, 0.15) is 0 Å². The van der Waals surface area contributed by atoms with E-state index >= 15 is 0 Å². The average molecular weight is 258 g/mol. The largest absolute Gasteiger partial charge is 0.384 e. The molecular formula is C13H26N2O3. The molecule has 1 rings (SSSR count). The van der Waals surface area contributed by atoms with Crippen molar-refractivity contribution in [2.24, 2.45) is 5.41 Å². The molecule has 1 unspecified atom stereocenters. The van der Waals surface area contributed by atoms with Gasteiger partial charge in [0.05, 0.1) is 18.6 Å². The van der Waals surface area contributed by atoms with E-state index in [1.807, 2.05) is 13.8 Å². The van der Waals surface area contributed by atoms with Crippen LogP contribution in [0.15, 0.2) is 0 Å². The zero-order valence-electron chi connectivity index (χ0n) is 11.8. The van der Waals surface area contributed by atoms with Gasteiger partial charge in [0.25, 0.3) is 0 Å². The van der Waals surface area contributed by atoms with Gasteiger partial charge in [-0.2, -0.15) is 0 Å². The van der Waals surface area contributed by atoms with Crippen LogP contribution in [0.25, 0.3) is 0 Å². The van der Waals surface area contributed by atoms with E-state index in [1.54, 1.807) is 7.11 Å². The minimum absolute atomic E-state index is 0.0427. The lowest BCUT2D eigenvalue weighted by Crippen LogP contribution is -2.52. The average Bonchev–Trinajstić information content (AvgIpc) is 2.37. The topological polar surface area (TPSA) is 59.6 Å². The molecular weight excluding hydrogens is 232 g/mol. The second-order valence-electron chi connectivity index (χ2n) is 5.00. The lowest BCUT2D eigenvalue weighted by Gasteiger charge is -2.36. The fourth-order valence-corrected chi connectivity index (χ4v) is 2.33. The van der Waals surface area contributed by atoms with Crippen LogP contribution < -0.4 is 10.6 Å². The molecule has 18 heavy (non-hydrogen) atoms. The van der Waals surface area contributed by atoms with Gasteiger partial charge < -0.3 is 20.1 Å². The molecule has 0 radical (unpaired) electrons. The Bertz CT molecular complexity index is 247. The summed E-state index contributed by atoms with van der Waals surface area (Å²) in [5, 5.41) is 6.32. The maximum Gasteiger partial charge on any atom is 0.228 e. The number of rotatable bonds is 7. The molecule has 1 aliphatic rings. The SMILES string of the molecule is CCOCC(C)NC(=O)C1(COC)CCNCC1. The van der Waals surface area contributed by atoms with E-state index < -0.39 is 0 Å². The summed E-state index contributed by atoms with van der Waals surface area (Å²) in [6.45, 7) is 7.38. The van der Waals surface area contributed by atoms with Gasteiger partial charge >= 0.3 is 0 Å². The van der Waals surface area contributed by atoms with Crippen LogP contribution in [-0.2, 0) is 14.3 Å². The van der Waals surface area contributed by atoms with Gasteiger partial charge in [0.2, 0.25) is 5.91 Å². The number of hydrogen-bond donors (Lipinski definition) is 2. The Morgan fingerprint density at radius 2 is 2.11 bits per heavy atom. The monoisotopic (exact) mass is 258 g/mol. The van der Waals surface area contributed by atoms with Gasteiger partial charge in [0, 0.05) is 19.8 Å². The molecule has 0 aromatic rings. The second kappa shape index (κ2) is 7.71. The Kier molecular flexibility index (Phi) is 6.60. The predicted octanol–water partition coefficient (Wildman–Crippen LogP) is 0.544. The van der Waals surface area contributed by atoms with Crippen LogP contribution in [-0.4, -0.2) is 52.0 Å². The maximum atomic E-state index is 12.4. The van der Waals surface area contributed by atoms with Crippen LogP contribution in [0.3, 0.4) is 0 Å². The fourth-order valence-electron chi connectivity index (χ4n) is 2.33. The minimum atomic E-state index is -0.375. The third kappa shape index (κ3) is 4.23. The van der Waals surface area contributed by atoms with Crippen molar-refractivity contribution < 1.29 is 14.3 Å². The van der Waals surface area contributed by atoms with Crippen LogP contribution in [0.5, 0.6) is 0 Å². The normalized spacial score (nSPS) is 20.4. The highest BCUT2D eigenvalue weighted by molar-refractivity contribution is 5.83. The molecule has 0 saturated carbocycles. The van der Waals surface area contributed by atoms with E-state index in [4.69, 9.17) is 9.47 Å².